The number of hydrogen-bond donors (Lipinski definition) is 2. The molecule has 106 valence electrons. The van der Waals surface area contributed by atoms with Crippen molar-refractivity contribution in [3.8, 4) is 0 Å². The lowest BCUT2D eigenvalue weighted by molar-refractivity contribution is 0.320. The summed E-state index contributed by atoms with van der Waals surface area (Å²) in [6.45, 7) is 3.50. The van der Waals surface area contributed by atoms with Crippen LogP contribution in [0.5, 0.6) is 0 Å². The van der Waals surface area contributed by atoms with Gasteiger partial charge in [-0.05, 0) is 37.3 Å². The molecule has 3 atom stereocenters. The predicted octanol–water partition coefficient (Wildman–Crippen LogP) is 3.03. The Morgan fingerprint density at radius 3 is 2.74 bits per heavy atom. The highest BCUT2D eigenvalue weighted by Gasteiger charge is 2.30. The van der Waals surface area contributed by atoms with Gasteiger partial charge in [-0.1, -0.05) is 37.3 Å². The van der Waals surface area contributed by atoms with E-state index in [1.165, 1.54) is 24.8 Å². The Bertz CT molecular complexity index is 357. The molecule has 1 saturated carbocycles. The van der Waals surface area contributed by atoms with E-state index in [1.54, 1.807) is 0 Å². The number of aliphatic hydroxyl groups is 1. The normalized spacial score (nSPS) is 27.4. The van der Waals surface area contributed by atoms with Gasteiger partial charge in [-0.25, -0.2) is 0 Å². The van der Waals surface area contributed by atoms with E-state index in [1.807, 2.05) is 11.8 Å². The molecule has 2 rings (SSSR count). The van der Waals surface area contributed by atoms with Crippen LogP contribution in [-0.4, -0.2) is 35.3 Å². The Kier molecular flexibility index (Phi) is 6.21. The molecule has 0 bridgehead atoms. The zero-order chi connectivity index (χ0) is 13.5. The molecule has 1 fully saturated rings. The molecular formula is C16H25NOS. The van der Waals surface area contributed by atoms with Gasteiger partial charge in [-0.3, -0.25) is 0 Å². The molecule has 2 nitrogen and oxygen atoms in total. The van der Waals surface area contributed by atoms with E-state index in [9.17, 15) is 0 Å². The highest BCUT2D eigenvalue weighted by atomic mass is 32.2. The zero-order valence-electron chi connectivity index (χ0n) is 11.7. The van der Waals surface area contributed by atoms with Crippen LogP contribution in [0.25, 0.3) is 0 Å². The average Bonchev–Trinajstić information content (AvgIpc) is 2.47. The lowest BCUT2D eigenvalue weighted by atomic mass is 9.81. The lowest BCUT2D eigenvalue weighted by Crippen LogP contribution is -2.42. The average molecular weight is 279 g/mol. The van der Waals surface area contributed by atoms with E-state index < -0.39 is 0 Å². The topological polar surface area (TPSA) is 32.3 Å². The largest absolute Gasteiger partial charge is 0.396 e. The molecule has 19 heavy (non-hydrogen) atoms. The molecule has 0 saturated heterocycles. The number of benzene rings is 1. The molecule has 2 N–H and O–H groups in total. The third kappa shape index (κ3) is 4.23. The molecule has 3 heteroatoms. The first-order valence-electron chi connectivity index (χ1n) is 7.36. The fourth-order valence-corrected chi connectivity index (χ4v) is 4.28. The Morgan fingerprint density at radius 2 is 2.05 bits per heavy atom. The Balaban J connectivity index is 1.99. The summed E-state index contributed by atoms with van der Waals surface area (Å²) in [4.78, 5) is 0. The maximum Gasteiger partial charge on any atom is 0.0521 e. The van der Waals surface area contributed by atoms with E-state index in [0.717, 1.165) is 12.3 Å². The van der Waals surface area contributed by atoms with Crippen LogP contribution < -0.4 is 5.32 Å². The molecule has 1 aromatic carbocycles. The molecule has 1 aliphatic carbocycles. The summed E-state index contributed by atoms with van der Waals surface area (Å²) >= 11 is 1.93. The Hall–Kier alpha value is -0.510. The van der Waals surface area contributed by atoms with Gasteiger partial charge in [0.25, 0.3) is 0 Å². The van der Waals surface area contributed by atoms with Gasteiger partial charge in [0.2, 0.25) is 0 Å². The van der Waals surface area contributed by atoms with Crippen molar-refractivity contribution in [3.63, 3.8) is 0 Å². The minimum absolute atomic E-state index is 0.288. The molecule has 3 unspecified atom stereocenters. The number of thioether (sulfide) groups is 1. The molecule has 0 aromatic heterocycles. The summed E-state index contributed by atoms with van der Waals surface area (Å²) in [6, 6.07) is 11.5. The Morgan fingerprint density at radius 1 is 1.26 bits per heavy atom. The second-order valence-electron chi connectivity index (χ2n) is 5.22. The fourth-order valence-electron chi connectivity index (χ4n) is 3.04. The predicted molar refractivity (Wildman–Crippen MR) is 83.8 cm³/mol. The summed E-state index contributed by atoms with van der Waals surface area (Å²) in [7, 11) is 0. The highest BCUT2D eigenvalue weighted by Crippen LogP contribution is 2.38. The fraction of sp³-hybridized carbons (Fsp3) is 0.625. The first kappa shape index (κ1) is 14.9. The summed E-state index contributed by atoms with van der Waals surface area (Å²) in [6.07, 6.45) is 3.75. The molecular weight excluding hydrogens is 254 g/mol. The van der Waals surface area contributed by atoms with Crippen LogP contribution in [0.2, 0.25) is 0 Å². The Labute approximate surface area is 121 Å². The van der Waals surface area contributed by atoms with Crippen molar-refractivity contribution < 1.29 is 5.11 Å². The van der Waals surface area contributed by atoms with Gasteiger partial charge in [0.1, 0.15) is 0 Å². The summed E-state index contributed by atoms with van der Waals surface area (Å²) in [5.74, 6) is 1.54. The number of nitrogens with one attached hydrogen (secondary N) is 1. The monoisotopic (exact) mass is 279 g/mol. The smallest absolute Gasteiger partial charge is 0.0521 e. The minimum atomic E-state index is 0.288. The summed E-state index contributed by atoms with van der Waals surface area (Å²) in [5.41, 5.74) is 1.48. The van der Waals surface area contributed by atoms with Crippen LogP contribution in [0, 0.1) is 0 Å². The van der Waals surface area contributed by atoms with Gasteiger partial charge in [0.05, 0.1) is 6.61 Å². The van der Waals surface area contributed by atoms with Gasteiger partial charge in [0.15, 0.2) is 0 Å². The van der Waals surface area contributed by atoms with Crippen LogP contribution in [0.1, 0.15) is 37.7 Å². The van der Waals surface area contributed by atoms with Crippen molar-refractivity contribution in [1.82, 2.24) is 5.32 Å². The molecule has 1 aromatic rings. The van der Waals surface area contributed by atoms with Gasteiger partial charge in [-0.2, -0.15) is 11.8 Å². The quantitative estimate of drug-likeness (QED) is 0.839. The number of hydrogen-bond acceptors (Lipinski definition) is 3. The number of aliphatic hydroxyl groups excluding tert-OH is 1. The highest BCUT2D eigenvalue weighted by molar-refractivity contribution is 8.00. The van der Waals surface area contributed by atoms with Crippen molar-refractivity contribution in [2.75, 3.05) is 18.9 Å². The van der Waals surface area contributed by atoms with Gasteiger partial charge in [-0.15, -0.1) is 0 Å². The first-order chi connectivity index (χ1) is 9.35. The standard InChI is InChI=1S/C16H25NOS/c1-2-17-15-9-8-14(12-16(15)19-11-10-18)13-6-4-3-5-7-13/h3-7,14-18H,2,8-12H2,1H3. The van der Waals surface area contributed by atoms with Gasteiger partial charge in [0, 0.05) is 17.0 Å². The molecule has 0 radical (unpaired) electrons. The van der Waals surface area contributed by atoms with Crippen LogP contribution in [-0.2, 0) is 0 Å². The van der Waals surface area contributed by atoms with Crippen molar-refractivity contribution >= 4 is 11.8 Å². The van der Waals surface area contributed by atoms with Crippen molar-refractivity contribution in [1.29, 1.82) is 0 Å². The van der Waals surface area contributed by atoms with Crippen LogP contribution in [0.15, 0.2) is 30.3 Å². The van der Waals surface area contributed by atoms with Crippen molar-refractivity contribution in [2.45, 2.75) is 43.4 Å². The molecule has 0 heterocycles. The lowest BCUT2D eigenvalue weighted by Gasteiger charge is -2.36. The molecule has 0 amide bonds. The second kappa shape index (κ2) is 7.93. The summed E-state index contributed by atoms with van der Waals surface area (Å²) in [5, 5.41) is 13.3. The van der Waals surface area contributed by atoms with Crippen molar-refractivity contribution in [2.24, 2.45) is 0 Å². The summed E-state index contributed by atoms with van der Waals surface area (Å²) < 4.78 is 0. The van der Waals surface area contributed by atoms with Crippen LogP contribution in [0.3, 0.4) is 0 Å². The molecule has 0 spiro atoms. The van der Waals surface area contributed by atoms with E-state index in [4.69, 9.17) is 5.11 Å². The van der Waals surface area contributed by atoms with E-state index in [0.29, 0.717) is 17.2 Å². The first-order valence-corrected chi connectivity index (χ1v) is 8.40. The second-order valence-corrected chi connectivity index (χ2v) is 6.56. The maximum atomic E-state index is 9.05. The van der Waals surface area contributed by atoms with Crippen LogP contribution >= 0.6 is 11.8 Å². The van der Waals surface area contributed by atoms with E-state index in [2.05, 4.69) is 42.6 Å². The van der Waals surface area contributed by atoms with Crippen LogP contribution in [0.4, 0.5) is 0 Å². The van der Waals surface area contributed by atoms with Gasteiger partial charge < -0.3 is 10.4 Å². The van der Waals surface area contributed by atoms with Crippen molar-refractivity contribution in [3.05, 3.63) is 35.9 Å². The third-order valence-corrected chi connectivity index (χ3v) is 5.32. The SMILES string of the molecule is CCNC1CCC(c2ccccc2)CC1SCCO. The molecule has 0 aliphatic heterocycles. The van der Waals surface area contributed by atoms with E-state index >= 15 is 0 Å². The number of rotatable bonds is 6. The van der Waals surface area contributed by atoms with Gasteiger partial charge >= 0.3 is 0 Å². The third-order valence-electron chi connectivity index (χ3n) is 3.95. The minimum Gasteiger partial charge on any atom is -0.396 e. The maximum absolute atomic E-state index is 9.05. The van der Waals surface area contributed by atoms with E-state index in [-0.39, 0.29) is 6.61 Å². The molecule has 1 aliphatic rings. The zero-order valence-corrected chi connectivity index (χ0v) is 12.5.